The van der Waals surface area contributed by atoms with E-state index in [9.17, 15) is 9.90 Å². The number of nitrogens with one attached hydrogen (secondary N) is 1. The van der Waals surface area contributed by atoms with Gasteiger partial charge in [-0.1, -0.05) is 6.07 Å². The van der Waals surface area contributed by atoms with E-state index in [4.69, 9.17) is 19.4 Å². The third-order valence-electron chi connectivity index (χ3n) is 3.12. The van der Waals surface area contributed by atoms with Crippen LogP contribution in [0.4, 0.5) is 5.69 Å². The van der Waals surface area contributed by atoms with Gasteiger partial charge in [-0.3, -0.25) is 0 Å². The standard InChI is InChI=1S/C16H19NO6/c1-10-2-4-14(13(6-10)17-7-11(19)8-18)22-9-12-3-5-15(23-12)16(20)21/h2-6,11,17-19H,7-9H2,1H3,(H,20,21). The second-order valence-corrected chi connectivity index (χ2v) is 5.08. The van der Waals surface area contributed by atoms with Gasteiger partial charge in [0.15, 0.2) is 0 Å². The molecule has 7 heteroatoms. The van der Waals surface area contributed by atoms with E-state index >= 15 is 0 Å². The van der Waals surface area contributed by atoms with Gasteiger partial charge < -0.3 is 29.8 Å². The summed E-state index contributed by atoms with van der Waals surface area (Å²) in [6.07, 6.45) is -0.869. The van der Waals surface area contributed by atoms with Crippen molar-refractivity contribution in [2.24, 2.45) is 0 Å². The predicted octanol–water partition coefficient (Wildman–Crippen LogP) is 1.63. The number of hydrogen-bond donors (Lipinski definition) is 4. The maximum Gasteiger partial charge on any atom is 0.371 e. The molecule has 2 aromatic rings. The van der Waals surface area contributed by atoms with Crippen LogP contribution in [0.5, 0.6) is 5.75 Å². The molecule has 0 aliphatic carbocycles. The van der Waals surface area contributed by atoms with Crippen molar-refractivity contribution in [3.05, 3.63) is 47.4 Å². The lowest BCUT2D eigenvalue weighted by molar-refractivity contribution is 0.0658. The lowest BCUT2D eigenvalue weighted by Gasteiger charge is -2.15. The summed E-state index contributed by atoms with van der Waals surface area (Å²) in [5.41, 5.74) is 1.67. The van der Waals surface area contributed by atoms with Crippen LogP contribution < -0.4 is 10.1 Å². The van der Waals surface area contributed by atoms with E-state index in [1.807, 2.05) is 19.1 Å². The molecule has 0 aliphatic rings. The highest BCUT2D eigenvalue weighted by Gasteiger charge is 2.11. The number of carboxylic acids is 1. The van der Waals surface area contributed by atoms with Crippen LogP contribution in [0.3, 0.4) is 0 Å². The number of aliphatic hydroxyl groups is 2. The lowest BCUT2D eigenvalue weighted by atomic mass is 10.2. The number of aliphatic hydroxyl groups excluding tert-OH is 2. The fraction of sp³-hybridized carbons (Fsp3) is 0.312. The highest BCUT2D eigenvalue weighted by Crippen LogP contribution is 2.26. The zero-order valence-electron chi connectivity index (χ0n) is 12.7. The van der Waals surface area contributed by atoms with E-state index in [1.54, 1.807) is 12.1 Å². The highest BCUT2D eigenvalue weighted by molar-refractivity contribution is 5.84. The molecule has 0 radical (unpaired) electrons. The Kier molecular flexibility index (Phi) is 5.61. The molecule has 2 rings (SSSR count). The molecule has 1 heterocycles. The summed E-state index contributed by atoms with van der Waals surface area (Å²) in [4.78, 5) is 10.8. The Morgan fingerprint density at radius 1 is 1.35 bits per heavy atom. The minimum absolute atomic E-state index is 0.0770. The first-order valence-corrected chi connectivity index (χ1v) is 7.08. The van der Waals surface area contributed by atoms with Gasteiger partial charge in [-0.05, 0) is 36.8 Å². The second-order valence-electron chi connectivity index (χ2n) is 5.08. The zero-order valence-corrected chi connectivity index (χ0v) is 12.7. The number of furan rings is 1. The summed E-state index contributed by atoms with van der Waals surface area (Å²) in [6.45, 7) is 1.84. The zero-order chi connectivity index (χ0) is 16.8. The van der Waals surface area contributed by atoms with Gasteiger partial charge in [0.1, 0.15) is 18.1 Å². The van der Waals surface area contributed by atoms with Crippen LogP contribution in [-0.2, 0) is 6.61 Å². The molecule has 1 unspecified atom stereocenters. The van der Waals surface area contributed by atoms with Crippen LogP contribution in [0.25, 0.3) is 0 Å². The van der Waals surface area contributed by atoms with Gasteiger partial charge in [0, 0.05) is 6.54 Å². The molecule has 0 saturated carbocycles. The minimum Gasteiger partial charge on any atom is -0.483 e. The average Bonchev–Trinajstić information content (AvgIpc) is 3.00. The molecule has 0 fully saturated rings. The normalized spacial score (nSPS) is 12.0. The van der Waals surface area contributed by atoms with E-state index in [-0.39, 0.29) is 25.5 Å². The van der Waals surface area contributed by atoms with Crippen molar-refractivity contribution in [2.75, 3.05) is 18.5 Å². The molecule has 0 bridgehead atoms. The van der Waals surface area contributed by atoms with Crippen molar-refractivity contribution in [1.82, 2.24) is 0 Å². The fourth-order valence-electron chi connectivity index (χ4n) is 1.92. The SMILES string of the molecule is Cc1ccc(OCc2ccc(C(=O)O)o2)c(NCC(O)CO)c1. The van der Waals surface area contributed by atoms with Gasteiger partial charge in [0.25, 0.3) is 0 Å². The highest BCUT2D eigenvalue weighted by atomic mass is 16.5. The number of hydrogen-bond acceptors (Lipinski definition) is 6. The van der Waals surface area contributed by atoms with Crippen molar-refractivity contribution < 1.29 is 29.3 Å². The Bertz CT molecular complexity index is 666. The summed E-state index contributed by atoms with van der Waals surface area (Å²) in [7, 11) is 0. The molecule has 4 N–H and O–H groups in total. The van der Waals surface area contributed by atoms with Gasteiger partial charge in [0.2, 0.25) is 5.76 Å². The molecule has 7 nitrogen and oxygen atoms in total. The average molecular weight is 321 g/mol. The van der Waals surface area contributed by atoms with Crippen LogP contribution in [-0.4, -0.2) is 40.5 Å². The van der Waals surface area contributed by atoms with Crippen LogP contribution in [0.1, 0.15) is 21.9 Å². The predicted molar refractivity (Wildman–Crippen MR) is 82.8 cm³/mol. The van der Waals surface area contributed by atoms with Crippen LogP contribution in [0, 0.1) is 6.92 Å². The first kappa shape index (κ1) is 16.9. The molecule has 1 atom stereocenters. The number of aryl methyl sites for hydroxylation is 1. The van der Waals surface area contributed by atoms with E-state index < -0.39 is 12.1 Å². The third-order valence-corrected chi connectivity index (χ3v) is 3.12. The molecule has 1 aromatic carbocycles. The van der Waals surface area contributed by atoms with Crippen molar-refractivity contribution in [1.29, 1.82) is 0 Å². The van der Waals surface area contributed by atoms with Crippen molar-refractivity contribution in [3.63, 3.8) is 0 Å². The third kappa shape index (κ3) is 4.73. The number of aromatic carboxylic acids is 1. The maximum atomic E-state index is 10.8. The number of rotatable bonds is 8. The smallest absolute Gasteiger partial charge is 0.371 e. The van der Waals surface area contributed by atoms with Crippen LogP contribution in [0.15, 0.2) is 34.7 Å². The first-order chi connectivity index (χ1) is 11.0. The molecule has 1 aromatic heterocycles. The van der Waals surface area contributed by atoms with Gasteiger partial charge in [-0.15, -0.1) is 0 Å². The van der Waals surface area contributed by atoms with Gasteiger partial charge in [-0.2, -0.15) is 0 Å². The molecule has 0 amide bonds. The van der Waals surface area contributed by atoms with E-state index in [2.05, 4.69) is 5.32 Å². The summed E-state index contributed by atoms with van der Waals surface area (Å²) in [6, 6.07) is 8.40. The Morgan fingerprint density at radius 2 is 2.13 bits per heavy atom. The Labute approximate surface area is 133 Å². The second kappa shape index (κ2) is 7.66. The van der Waals surface area contributed by atoms with Crippen molar-refractivity contribution >= 4 is 11.7 Å². The van der Waals surface area contributed by atoms with E-state index in [1.165, 1.54) is 6.07 Å². The number of carboxylic acid groups (broad SMARTS) is 1. The number of anilines is 1. The monoisotopic (exact) mass is 321 g/mol. The minimum atomic E-state index is -1.13. The van der Waals surface area contributed by atoms with Crippen LogP contribution >= 0.6 is 0 Å². The Balaban J connectivity index is 2.04. The largest absolute Gasteiger partial charge is 0.483 e. The van der Waals surface area contributed by atoms with Crippen LogP contribution in [0.2, 0.25) is 0 Å². The maximum absolute atomic E-state index is 10.8. The van der Waals surface area contributed by atoms with E-state index in [0.29, 0.717) is 17.2 Å². The van der Waals surface area contributed by atoms with Crippen molar-refractivity contribution in [2.45, 2.75) is 19.6 Å². The summed E-state index contributed by atoms with van der Waals surface area (Å²) < 4.78 is 10.8. The van der Waals surface area contributed by atoms with E-state index in [0.717, 1.165) is 5.56 Å². The molecule has 0 spiro atoms. The lowest BCUT2D eigenvalue weighted by Crippen LogP contribution is -2.23. The molecule has 124 valence electrons. The molecular formula is C16H19NO6. The van der Waals surface area contributed by atoms with Crippen molar-refractivity contribution in [3.8, 4) is 5.75 Å². The van der Waals surface area contributed by atoms with Gasteiger partial charge in [-0.25, -0.2) is 4.79 Å². The molecule has 0 aliphatic heterocycles. The number of benzene rings is 1. The molecular weight excluding hydrogens is 302 g/mol. The number of carbonyl (C=O) groups is 1. The quantitative estimate of drug-likeness (QED) is 0.584. The molecule has 23 heavy (non-hydrogen) atoms. The van der Waals surface area contributed by atoms with Gasteiger partial charge >= 0.3 is 5.97 Å². The Morgan fingerprint density at radius 3 is 2.78 bits per heavy atom. The summed E-state index contributed by atoms with van der Waals surface area (Å²) >= 11 is 0. The van der Waals surface area contributed by atoms with Gasteiger partial charge in [0.05, 0.1) is 18.4 Å². The fourth-order valence-corrected chi connectivity index (χ4v) is 1.92. The first-order valence-electron chi connectivity index (χ1n) is 7.08. The molecule has 0 saturated heterocycles. The number of ether oxygens (including phenoxy) is 1. The summed E-state index contributed by atoms with van der Waals surface area (Å²) in [5.74, 6) is -0.345. The topological polar surface area (TPSA) is 112 Å². The summed E-state index contributed by atoms with van der Waals surface area (Å²) in [5, 5.41) is 30.1. The Hall–Kier alpha value is -2.51.